The summed E-state index contributed by atoms with van der Waals surface area (Å²) < 4.78 is 13.9. The highest BCUT2D eigenvalue weighted by atomic mass is 35.5. The summed E-state index contributed by atoms with van der Waals surface area (Å²) in [5.74, 6) is 1.01. The molecule has 6 rings (SSSR count). The lowest BCUT2D eigenvalue weighted by molar-refractivity contribution is -0.142. The SMILES string of the molecule is Cc1nc2c(c(=O)n1CCOC1CCC(Cl)CC1C1CC(C)NC3C(C(=O)O)CSC13)C[C@H](N(C)CC1(C)COC1)CC2. The van der Waals surface area contributed by atoms with Crippen molar-refractivity contribution < 1.29 is 19.4 Å². The van der Waals surface area contributed by atoms with Gasteiger partial charge in [-0.05, 0) is 77.7 Å². The summed E-state index contributed by atoms with van der Waals surface area (Å²) in [7, 11) is 2.18. The number of piperidine rings is 1. The molecule has 1 saturated carbocycles. The third-order valence-corrected chi connectivity index (χ3v) is 12.9. The summed E-state index contributed by atoms with van der Waals surface area (Å²) in [6, 6.07) is 0.589. The minimum atomic E-state index is -0.702. The van der Waals surface area contributed by atoms with Gasteiger partial charge in [-0.15, -0.1) is 11.6 Å². The Kier molecular flexibility index (Phi) is 9.55. The number of halogens is 1. The summed E-state index contributed by atoms with van der Waals surface area (Å²) in [5.41, 5.74) is 2.12. The van der Waals surface area contributed by atoms with Crippen molar-refractivity contribution in [3.8, 4) is 0 Å². The Hall–Kier alpha value is -1.17. The van der Waals surface area contributed by atoms with Gasteiger partial charge in [-0.1, -0.05) is 6.92 Å². The van der Waals surface area contributed by atoms with Crippen LogP contribution in [0.2, 0.25) is 0 Å². The van der Waals surface area contributed by atoms with Gasteiger partial charge in [0.25, 0.3) is 5.56 Å². The third kappa shape index (κ3) is 6.57. The van der Waals surface area contributed by atoms with E-state index in [-0.39, 0.29) is 51.6 Å². The van der Waals surface area contributed by atoms with E-state index in [9.17, 15) is 14.7 Å². The Morgan fingerprint density at radius 3 is 2.79 bits per heavy atom. The molecule has 43 heavy (non-hydrogen) atoms. The Bertz CT molecular complexity index is 1240. The number of nitrogens with one attached hydrogen (secondary N) is 1. The molecule has 3 aliphatic heterocycles. The van der Waals surface area contributed by atoms with E-state index in [1.165, 1.54) is 0 Å². The number of aliphatic carboxylic acids is 1. The predicted octanol–water partition coefficient (Wildman–Crippen LogP) is 3.35. The minimum absolute atomic E-state index is 0.0109. The fraction of sp³-hybridized carbons (Fsp3) is 0.844. The van der Waals surface area contributed by atoms with Gasteiger partial charge in [0.1, 0.15) is 5.82 Å². The number of nitrogens with zero attached hydrogens (tertiary/aromatic N) is 3. The summed E-state index contributed by atoms with van der Waals surface area (Å²) in [6.45, 7) is 9.91. The molecular formula is C32H49ClN4O5S. The summed E-state index contributed by atoms with van der Waals surface area (Å²) in [4.78, 5) is 33.1. The Balaban J connectivity index is 1.12. The molecule has 0 radical (unpaired) electrons. The molecule has 0 bridgehead atoms. The highest BCUT2D eigenvalue weighted by molar-refractivity contribution is 8.00. The van der Waals surface area contributed by atoms with Crippen LogP contribution in [0.25, 0.3) is 0 Å². The number of likely N-dealkylation sites (N-methyl/N-ethyl adjacent to an activating group) is 1. The maximum absolute atomic E-state index is 13.8. The van der Waals surface area contributed by atoms with Crippen LogP contribution >= 0.6 is 23.4 Å². The quantitative estimate of drug-likeness (QED) is 0.395. The normalized spacial score (nSPS) is 37.0. The smallest absolute Gasteiger partial charge is 0.308 e. The standard InChI is InChI=1S/C32H49ClN4O5S/c1-18-11-23(29-28(34-18)25(14-43-29)31(39)40)22-12-20(33)5-8-27(22)42-10-9-37-19(2)35-26-7-6-21(13-24(26)30(37)38)36(4)15-32(3)16-41-17-32/h18,20-23,25,27-29,34H,5-17H2,1-4H3,(H,39,40)/t18?,20?,21-,22?,23?,25?,27?,28?,29?/m1/s1. The van der Waals surface area contributed by atoms with Crippen LogP contribution in [-0.4, -0.2) is 99.5 Å². The maximum Gasteiger partial charge on any atom is 0.308 e. The number of ether oxygens (including phenoxy) is 2. The van der Waals surface area contributed by atoms with E-state index in [2.05, 4.69) is 31.1 Å². The van der Waals surface area contributed by atoms with Crippen molar-refractivity contribution in [2.75, 3.05) is 39.2 Å². The number of aromatic nitrogens is 2. The largest absolute Gasteiger partial charge is 0.481 e. The van der Waals surface area contributed by atoms with E-state index in [1.807, 2.05) is 23.3 Å². The molecule has 4 heterocycles. The molecule has 1 aromatic heterocycles. The number of carboxylic acids is 1. The van der Waals surface area contributed by atoms with E-state index in [1.54, 1.807) is 0 Å². The van der Waals surface area contributed by atoms with Gasteiger partial charge < -0.3 is 24.8 Å². The van der Waals surface area contributed by atoms with E-state index >= 15 is 0 Å². The fourth-order valence-electron chi connectivity index (χ4n) is 8.63. The van der Waals surface area contributed by atoms with Gasteiger partial charge in [0.05, 0.1) is 44.1 Å². The number of carboxylic acid groups (broad SMARTS) is 1. The van der Waals surface area contributed by atoms with Crippen LogP contribution in [0.15, 0.2) is 4.79 Å². The summed E-state index contributed by atoms with van der Waals surface area (Å²) in [5, 5.41) is 13.8. The van der Waals surface area contributed by atoms with Crippen LogP contribution in [0.1, 0.15) is 63.0 Å². The molecule has 11 heteroatoms. The van der Waals surface area contributed by atoms with Crippen molar-refractivity contribution in [3.05, 3.63) is 27.4 Å². The lowest BCUT2D eigenvalue weighted by Gasteiger charge is -2.47. The first-order valence-corrected chi connectivity index (χ1v) is 17.7. The number of fused-ring (bicyclic) bond motifs is 2. The average molecular weight is 637 g/mol. The van der Waals surface area contributed by atoms with Crippen molar-refractivity contribution in [2.24, 2.45) is 23.2 Å². The van der Waals surface area contributed by atoms with Crippen molar-refractivity contribution >= 4 is 29.3 Å². The number of rotatable bonds is 9. The zero-order chi connectivity index (χ0) is 30.5. The molecule has 240 valence electrons. The average Bonchev–Trinajstić information content (AvgIpc) is 3.38. The molecule has 0 spiro atoms. The zero-order valence-corrected chi connectivity index (χ0v) is 27.7. The highest BCUT2D eigenvalue weighted by Crippen LogP contribution is 2.48. The van der Waals surface area contributed by atoms with E-state index in [0.29, 0.717) is 30.9 Å². The highest BCUT2D eigenvalue weighted by Gasteiger charge is 2.51. The second-order valence-corrected chi connectivity index (χ2v) is 16.2. The minimum Gasteiger partial charge on any atom is -0.481 e. The molecule has 2 N–H and O–H groups in total. The van der Waals surface area contributed by atoms with E-state index in [0.717, 1.165) is 81.8 Å². The molecule has 9 nitrogen and oxygen atoms in total. The van der Waals surface area contributed by atoms with Crippen molar-refractivity contribution in [1.82, 2.24) is 19.8 Å². The molecule has 2 aliphatic carbocycles. The molecular weight excluding hydrogens is 588 g/mol. The Morgan fingerprint density at radius 2 is 2.07 bits per heavy atom. The number of alkyl halides is 1. The number of hydrogen-bond donors (Lipinski definition) is 2. The van der Waals surface area contributed by atoms with E-state index in [4.69, 9.17) is 26.1 Å². The van der Waals surface area contributed by atoms with Crippen molar-refractivity contribution in [2.45, 2.75) is 107 Å². The number of thioether (sulfide) groups is 1. The van der Waals surface area contributed by atoms with Crippen molar-refractivity contribution in [1.29, 1.82) is 0 Å². The first-order chi connectivity index (χ1) is 20.5. The Labute approximate surface area is 264 Å². The van der Waals surface area contributed by atoms with Crippen LogP contribution in [0, 0.1) is 30.1 Å². The lowest BCUT2D eigenvalue weighted by Crippen LogP contribution is -2.57. The van der Waals surface area contributed by atoms with Crippen LogP contribution in [0.3, 0.4) is 0 Å². The van der Waals surface area contributed by atoms with Gasteiger partial charge in [0.15, 0.2) is 0 Å². The lowest BCUT2D eigenvalue weighted by atomic mass is 9.70. The summed E-state index contributed by atoms with van der Waals surface area (Å²) >= 11 is 8.55. The molecule has 3 saturated heterocycles. The van der Waals surface area contributed by atoms with Crippen LogP contribution in [0.4, 0.5) is 0 Å². The predicted molar refractivity (Wildman–Crippen MR) is 169 cm³/mol. The molecule has 8 unspecified atom stereocenters. The molecule has 9 atom stereocenters. The van der Waals surface area contributed by atoms with E-state index < -0.39 is 5.97 Å². The topological polar surface area (TPSA) is 106 Å². The second kappa shape index (κ2) is 12.9. The first kappa shape index (κ1) is 31.8. The zero-order valence-electron chi connectivity index (χ0n) is 26.1. The first-order valence-electron chi connectivity index (χ1n) is 16.3. The fourth-order valence-corrected chi connectivity index (χ4v) is 10.8. The third-order valence-electron chi connectivity index (χ3n) is 10.9. The van der Waals surface area contributed by atoms with Gasteiger partial charge in [-0.25, -0.2) is 4.98 Å². The number of aryl methyl sites for hydroxylation is 2. The molecule has 0 amide bonds. The van der Waals surface area contributed by atoms with Gasteiger partial charge in [-0.2, -0.15) is 11.8 Å². The monoisotopic (exact) mass is 636 g/mol. The van der Waals surface area contributed by atoms with Gasteiger partial charge in [0, 0.05) is 52.0 Å². The van der Waals surface area contributed by atoms with Gasteiger partial charge >= 0.3 is 5.97 Å². The van der Waals surface area contributed by atoms with Crippen LogP contribution in [-0.2, 0) is 33.7 Å². The van der Waals surface area contributed by atoms with Crippen LogP contribution < -0.4 is 10.9 Å². The van der Waals surface area contributed by atoms with Crippen molar-refractivity contribution in [3.63, 3.8) is 0 Å². The summed E-state index contributed by atoms with van der Waals surface area (Å²) in [6.07, 6.45) is 6.37. The number of hydrogen-bond acceptors (Lipinski definition) is 8. The Morgan fingerprint density at radius 1 is 1.28 bits per heavy atom. The molecule has 0 aromatic carbocycles. The van der Waals surface area contributed by atoms with Gasteiger partial charge in [-0.3, -0.25) is 14.2 Å². The molecule has 5 aliphatic rings. The van der Waals surface area contributed by atoms with Gasteiger partial charge in [0.2, 0.25) is 0 Å². The second-order valence-electron chi connectivity index (χ2n) is 14.4. The van der Waals surface area contributed by atoms with Crippen LogP contribution in [0.5, 0.6) is 0 Å². The number of carbonyl (C=O) groups is 1. The maximum atomic E-state index is 13.8. The molecule has 4 fully saturated rings. The molecule has 1 aromatic rings.